The smallest absolute Gasteiger partial charge is 0.435 e. The summed E-state index contributed by atoms with van der Waals surface area (Å²) in [6.45, 7) is 9.32. The molecule has 0 spiro atoms. The maximum absolute atomic E-state index is 12.0. The fraction of sp³-hybridized carbons (Fsp3) is 0.867. The highest BCUT2D eigenvalue weighted by Crippen LogP contribution is 2.13. The molecule has 2 rings (SSSR count). The Bertz CT molecular complexity index is 396. The number of carbonyl (C=O) groups excluding carboxylic acids is 1. The molecule has 0 radical (unpaired) electrons. The fourth-order valence-corrected chi connectivity index (χ4v) is 2.94. The number of amidine groups is 1. The number of aliphatic imine (C=N–C) groups is 1. The molecule has 0 aliphatic carbocycles. The molecular formula is C15H27N3O4S. The highest BCUT2D eigenvalue weighted by molar-refractivity contribution is 7.99. The van der Waals surface area contributed by atoms with E-state index in [-0.39, 0.29) is 5.25 Å². The summed E-state index contributed by atoms with van der Waals surface area (Å²) in [5, 5.41) is 0.153. The van der Waals surface area contributed by atoms with Gasteiger partial charge in [0.05, 0.1) is 31.7 Å². The van der Waals surface area contributed by atoms with E-state index in [1.54, 1.807) is 11.8 Å². The SMILES string of the molecule is CSC(C)C(=NC(=O)OCCN1CCOCC1)N1CCOCC1. The predicted octanol–water partition coefficient (Wildman–Crippen LogP) is 0.937. The molecular weight excluding hydrogens is 318 g/mol. The maximum atomic E-state index is 12.0. The van der Waals surface area contributed by atoms with E-state index in [2.05, 4.69) is 21.7 Å². The van der Waals surface area contributed by atoms with Crippen LogP contribution in [0.5, 0.6) is 0 Å². The number of carbonyl (C=O) groups is 1. The van der Waals surface area contributed by atoms with Crippen LogP contribution in [0, 0.1) is 0 Å². The zero-order valence-corrected chi connectivity index (χ0v) is 14.8. The van der Waals surface area contributed by atoms with Gasteiger partial charge >= 0.3 is 6.09 Å². The first-order valence-corrected chi connectivity index (χ1v) is 9.40. The average molecular weight is 345 g/mol. The molecule has 2 aliphatic rings. The van der Waals surface area contributed by atoms with E-state index in [1.807, 2.05) is 6.26 Å². The highest BCUT2D eigenvalue weighted by atomic mass is 32.2. The highest BCUT2D eigenvalue weighted by Gasteiger charge is 2.21. The third-order valence-electron chi connectivity index (χ3n) is 3.99. The second-order valence-corrected chi connectivity index (χ2v) is 6.69. The number of morpholine rings is 2. The van der Waals surface area contributed by atoms with Gasteiger partial charge in [-0.2, -0.15) is 16.8 Å². The Kier molecular flexibility index (Phi) is 8.14. The van der Waals surface area contributed by atoms with Crippen LogP contribution in [-0.2, 0) is 14.2 Å². The van der Waals surface area contributed by atoms with Crippen LogP contribution in [0.4, 0.5) is 4.79 Å². The third kappa shape index (κ3) is 6.29. The molecule has 0 N–H and O–H groups in total. The molecule has 2 heterocycles. The average Bonchev–Trinajstić information content (AvgIpc) is 2.60. The largest absolute Gasteiger partial charge is 0.447 e. The zero-order valence-electron chi connectivity index (χ0n) is 14.0. The number of ether oxygens (including phenoxy) is 3. The molecule has 0 bridgehead atoms. The van der Waals surface area contributed by atoms with Crippen LogP contribution in [0.1, 0.15) is 6.92 Å². The fourth-order valence-electron chi connectivity index (χ4n) is 2.53. The Morgan fingerprint density at radius 3 is 2.39 bits per heavy atom. The lowest BCUT2D eigenvalue weighted by atomic mass is 10.3. The molecule has 0 aromatic carbocycles. The molecule has 8 heteroatoms. The first-order valence-electron chi connectivity index (χ1n) is 8.11. The maximum Gasteiger partial charge on any atom is 0.435 e. The van der Waals surface area contributed by atoms with Crippen LogP contribution in [0.2, 0.25) is 0 Å². The molecule has 0 aromatic heterocycles. The molecule has 23 heavy (non-hydrogen) atoms. The van der Waals surface area contributed by atoms with E-state index in [4.69, 9.17) is 14.2 Å². The molecule has 7 nitrogen and oxygen atoms in total. The van der Waals surface area contributed by atoms with Crippen LogP contribution in [0.25, 0.3) is 0 Å². The number of hydrogen-bond donors (Lipinski definition) is 0. The van der Waals surface area contributed by atoms with Crippen molar-refractivity contribution in [2.75, 3.05) is 72.0 Å². The molecule has 1 atom stereocenters. The normalized spacial score (nSPS) is 22.0. The summed E-state index contributed by atoms with van der Waals surface area (Å²) in [6.07, 6.45) is 1.52. The van der Waals surface area contributed by atoms with Gasteiger partial charge < -0.3 is 19.1 Å². The van der Waals surface area contributed by atoms with Gasteiger partial charge in [0, 0.05) is 32.7 Å². The van der Waals surface area contributed by atoms with Crippen LogP contribution in [0.3, 0.4) is 0 Å². The minimum Gasteiger partial charge on any atom is -0.447 e. The van der Waals surface area contributed by atoms with Gasteiger partial charge in [-0.1, -0.05) is 0 Å². The lowest BCUT2D eigenvalue weighted by Crippen LogP contribution is -2.44. The second kappa shape index (κ2) is 10.1. The molecule has 2 aliphatic heterocycles. The van der Waals surface area contributed by atoms with Crippen molar-refractivity contribution in [3.05, 3.63) is 0 Å². The van der Waals surface area contributed by atoms with Gasteiger partial charge in [-0.3, -0.25) is 4.90 Å². The van der Waals surface area contributed by atoms with E-state index < -0.39 is 6.09 Å². The van der Waals surface area contributed by atoms with E-state index in [0.717, 1.165) is 51.8 Å². The van der Waals surface area contributed by atoms with Crippen molar-refractivity contribution in [1.82, 2.24) is 9.80 Å². The number of amides is 1. The van der Waals surface area contributed by atoms with Gasteiger partial charge in [0.25, 0.3) is 0 Å². The molecule has 1 amide bonds. The molecule has 1 unspecified atom stereocenters. The van der Waals surface area contributed by atoms with Crippen molar-refractivity contribution in [2.24, 2.45) is 4.99 Å². The van der Waals surface area contributed by atoms with Crippen molar-refractivity contribution in [2.45, 2.75) is 12.2 Å². The van der Waals surface area contributed by atoms with Gasteiger partial charge in [-0.05, 0) is 13.2 Å². The van der Waals surface area contributed by atoms with Crippen LogP contribution < -0.4 is 0 Å². The minimum absolute atomic E-state index is 0.153. The molecule has 132 valence electrons. The summed E-state index contributed by atoms with van der Waals surface area (Å²) in [5.74, 6) is 0.789. The number of hydrogen-bond acceptors (Lipinski definition) is 6. The zero-order chi connectivity index (χ0) is 16.5. The Labute approximate surface area is 142 Å². The Hall–Kier alpha value is -0.830. The Balaban J connectivity index is 1.82. The molecule has 2 saturated heterocycles. The predicted molar refractivity (Wildman–Crippen MR) is 91.4 cm³/mol. The monoisotopic (exact) mass is 345 g/mol. The quantitative estimate of drug-likeness (QED) is 0.543. The van der Waals surface area contributed by atoms with Crippen molar-refractivity contribution >= 4 is 23.7 Å². The first kappa shape index (κ1) is 18.5. The summed E-state index contributed by atoms with van der Waals surface area (Å²) in [5.41, 5.74) is 0. The number of nitrogens with zero attached hydrogens (tertiary/aromatic N) is 3. The summed E-state index contributed by atoms with van der Waals surface area (Å²) in [4.78, 5) is 20.6. The number of rotatable bonds is 5. The Morgan fingerprint density at radius 1 is 1.17 bits per heavy atom. The van der Waals surface area contributed by atoms with Crippen LogP contribution >= 0.6 is 11.8 Å². The summed E-state index contributed by atoms with van der Waals surface area (Å²) in [7, 11) is 0. The van der Waals surface area contributed by atoms with Crippen LogP contribution in [0.15, 0.2) is 4.99 Å². The molecule has 2 fully saturated rings. The van der Waals surface area contributed by atoms with Crippen molar-refractivity contribution < 1.29 is 19.0 Å². The van der Waals surface area contributed by atoms with Crippen molar-refractivity contribution in [3.8, 4) is 0 Å². The molecule has 0 aromatic rings. The van der Waals surface area contributed by atoms with Crippen molar-refractivity contribution in [3.63, 3.8) is 0 Å². The number of thioether (sulfide) groups is 1. The second-order valence-electron chi connectivity index (χ2n) is 5.52. The third-order valence-corrected chi connectivity index (χ3v) is 4.91. The lowest BCUT2D eigenvalue weighted by Gasteiger charge is -2.31. The molecule has 0 saturated carbocycles. The van der Waals surface area contributed by atoms with E-state index in [0.29, 0.717) is 19.8 Å². The van der Waals surface area contributed by atoms with E-state index in [9.17, 15) is 4.79 Å². The van der Waals surface area contributed by atoms with Crippen molar-refractivity contribution in [1.29, 1.82) is 0 Å². The topological polar surface area (TPSA) is 63.6 Å². The van der Waals surface area contributed by atoms with Gasteiger partial charge in [0.1, 0.15) is 12.4 Å². The van der Waals surface area contributed by atoms with Crippen LogP contribution in [-0.4, -0.2) is 99.0 Å². The standard InChI is InChI=1S/C15H27N3O4S/c1-13(23-2)14(18-6-10-21-11-7-18)16-15(19)22-12-5-17-3-8-20-9-4-17/h13H,3-12H2,1-2H3. The Morgan fingerprint density at radius 2 is 1.78 bits per heavy atom. The van der Waals surface area contributed by atoms with Gasteiger partial charge in [0.2, 0.25) is 0 Å². The van der Waals surface area contributed by atoms with E-state index in [1.165, 1.54) is 0 Å². The lowest BCUT2D eigenvalue weighted by molar-refractivity contribution is 0.0287. The summed E-state index contributed by atoms with van der Waals surface area (Å²) < 4.78 is 15.9. The summed E-state index contributed by atoms with van der Waals surface area (Å²) in [6, 6.07) is 0. The van der Waals surface area contributed by atoms with Gasteiger partial charge in [0.15, 0.2) is 0 Å². The summed E-state index contributed by atoms with van der Waals surface area (Å²) >= 11 is 1.67. The first-order chi connectivity index (χ1) is 11.2. The van der Waals surface area contributed by atoms with Gasteiger partial charge in [-0.25, -0.2) is 4.79 Å². The van der Waals surface area contributed by atoms with Gasteiger partial charge in [-0.15, -0.1) is 0 Å². The minimum atomic E-state index is -0.499. The van der Waals surface area contributed by atoms with E-state index >= 15 is 0 Å².